The largest absolute Gasteiger partial charge is 0.390 e. The number of hydrogen-bond donors (Lipinski definition) is 0. The van der Waals surface area contributed by atoms with Crippen LogP contribution in [-0.2, 0) is 9.63 Å². The van der Waals surface area contributed by atoms with Crippen molar-refractivity contribution in [1.82, 2.24) is 9.88 Å². The molecular weight excluding hydrogens is 278 g/mol. The van der Waals surface area contributed by atoms with Crippen molar-refractivity contribution >= 4 is 11.6 Å². The van der Waals surface area contributed by atoms with E-state index >= 15 is 0 Å². The number of pyridine rings is 1. The first kappa shape index (κ1) is 14.8. The van der Waals surface area contributed by atoms with Crippen molar-refractivity contribution in [1.29, 1.82) is 0 Å². The molecule has 1 fully saturated rings. The van der Waals surface area contributed by atoms with Gasteiger partial charge in [-0.25, -0.2) is 0 Å². The Morgan fingerprint density at radius 1 is 1.50 bits per heavy atom. The third-order valence-electron chi connectivity index (χ3n) is 4.27. The summed E-state index contributed by atoms with van der Waals surface area (Å²) in [6, 6.07) is 3.86. The lowest BCUT2D eigenvalue weighted by Crippen LogP contribution is -2.43. The van der Waals surface area contributed by atoms with Crippen LogP contribution in [0.1, 0.15) is 31.2 Å². The van der Waals surface area contributed by atoms with E-state index in [1.54, 1.807) is 18.5 Å². The number of carbonyl (C=O) groups excluding carboxylic acids is 1. The molecule has 1 aromatic heterocycles. The molecule has 2 aliphatic rings. The lowest BCUT2D eigenvalue weighted by molar-refractivity contribution is -0.139. The summed E-state index contributed by atoms with van der Waals surface area (Å²) in [5.41, 5.74) is 1.87. The van der Waals surface area contributed by atoms with Gasteiger partial charge in [0, 0.05) is 36.8 Å². The molecule has 3 rings (SSSR count). The minimum Gasteiger partial charge on any atom is -0.390 e. The maximum absolute atomic E-state index is 12.4. The highest BCUT2D eigenvalue weighted by molar-refractivity contribution is 6.01. The fourth-order valence-corrected chi connectivity index (χ4v) is 2.80. The van der Waals surface area contributed by atoms with Crippen LogP contribution in [0.5, 0.6) is 0 Å². The van der Waals surface area contributed by atoms with Crippen LogP contribution < -0.4 is 0 Å². The van der Waals surface area contributed by atoms with E-state index in [-0.39, 0.29) is 17.9 Å². The van der Waals surface area contributed by atoms with Gasteiger partial charge in [0.25, 0.3) is 0 Å². The maximum Gasteiger partial charge on any atom is 0.226 e. The normalized spacial score (nSPS) is 20.7. The number of aromatic nitrogens is 1. The average molecular weight is 299 g/mol. The van der Waals surface area contributed by atoms with Crippen LogP contribution >= 0.6 is 0 Å². The summed E-state index contributed by atoms with van der Waals surface area (Å²) >= 11 is 0. The van der Waals surface area contributed by atoms with Crippen LogP contribution in [0.3, 0.4) is 0 Å². The predicted octanol–water partition coefficient (Wildman–Crippen LogP) is 2.39. The molecule has 0 bridgehead atoms. The third kappa shape index (κ3) is 3.18. The van der Waals surface area contributed by atoms with Crippen molar-refractivity contribution in [2.24, 2.45) is 11.1 Å². The number of amides is 1. The summed E-state index contributed by atoms with van der Waals surface area (Å²) < 4.78 is 0. The topological polar surface area (TPSA) is 54.8 Å². The van der Waals surface area contributed by atoms with Gasteiger partial charge in [-0.05, 0) is 25.0 Å². The van der Waals surface area contributed by atoms with E-state index in [2.05, 4.69) is 16.7 Å². The summed E-state index contributed by atoms with van der Waals surface area (Å²) in [7, 11) is 0. The Morgan fingerprint density at radius 3 is 3.00 bits per heavy atom. The van der Waals surface area contributed by atoms with Gasteiger partial charge in [0.1, 0.15) is 0 Å². The van der Waals surface area contributed by atoms with E-state index in [4.69, 9.17) is 4.84 Å². The van der Waals surface area contributed by atoms with Gasteiger partial charge in [-0.1, -0.05) is 17.7 Å². The molecule has 22 heavy (non-hydrogen) atoms. The Kier molecular flexibility index (Phi) is 4.51. The minimum atomic E-state index is -0.0841. The van der Waals surface area contributed by atoms with Crippen molar-refractivity contribution in [3.05, 3.63) is 42.7 Å². The highest BCUT2D eigenvalue weighted by Gasteiger charge is 2.32. The first-order valence-corrected chi connectivity index (χ1v) is 7.80. The van der Waals surface area contributed by atoms with E-state index in [0.29, 0.717) is 19.5 Å². The molecule has 1 amide bonds. The fraction of sp³-hybridized carbons (Fsp3) is 0.471. The van der Waals surface area contributed by atoms with Gasteiger partial charge in [-0.2, -0.15) is 0 Å². The van der Waals surface area contributed by atoms with Gasteiger partial charge in [0.2, 0.25) is 5.91 Å². The zero-order chi connectivity index (χ0) is 15.4. The van der Waals surface area contributed by atoms with Crippen LogP contribution in [0, 0.1) is 5.92 Å². The summed E-state index contributed by atoms with van der Waals surface area (Å²) in [5.74, 6) is 0.421. The molecule has 5 heteroatoms. The van der Waals surface area contributed by atoms with Gasteiger partial charge >= 0.3 is 0 Å². The average Bonchev–Trinajstić information content (AvgIpc) is 2.94. The van der Waals surface area contributed by atoms with E-state index in [1.165, 1.54) is 0 Å². The molecule has 0 aromatic carbocycles. The standard InChI is InChI=1S/C17H21N3O2/c1-2-9-20(17(21)13-5-3-6-13)12-15-10-16(19-22-15)14-7-4-8-18-11-14/h2,4,7-8,11,13,15H,1,3,5-6,9-10,12H2/t15-/m1/s1. The number of nitrogens with zero attached hydrogens (tertiary/aromatic N) is 3. The zero-order valence-electron chi connectivity index (χ0n) is 12.6. The van der Waals surface area contributed by atoms with Crippen molar-refractivity contribution in [2.45, 2.75) is 31.8 Å². The van der Waals surface area contributed by atoms with Gasteiger partial charge in [0.05, 0.1) is 12.3 Å². The summed E-state index contributed by atoms with van der Waals surface area (Å²) in [6.45, 7) is 4.88. The van der Waals surface area contributed by atoms with E-state index in [1.807, 2.05) is 17.0 Å². The lowest BCUT2D eigenvalue weighted by atomic mass is 9.84. The summed E-state index contributed by atoms with van der Waals surface area (Å²) in [6.07, 6.45) is 9.09. The molecule has 0 spiro atoms. The Labute approximate surface area is 130 Å². The first-order chi connectivity index (χ1) is 10.8. The second-order valence-corrected chi connectivity index (χ2v) is 5.87. The highest BCUT2D eigenvalue weighted by Crippen LogP contribution is 2.29. The second kappa shape index (κ2) is 6.73. The molecule has 1 aliphatic carbocycles. The quantitative estimate of drug-likeness (QED) is 0.758. The van der Waals surface area contributed by atoms with E-state index in [0.717, 1.165) is 30.5 Å². The Balaban J connectivity index is 1.58. The Hall–Kier alpha value is -2.17. The van der Waals surface area contributed by atoms with Gasteiger partial charge in [-0.15, -0.1) is 6.58 Å². The SMILES string of the molecule is C=CCN(C[C@H]1CC(c2cccnc2)=NO1)C(=O)C1CCC1. The molecule has 1 aromatic rings. The molecule has 5 nitrogen and oxygen atoms in total. The van der Waals surface area contributed by atoms with Crippen LogP contribution in [0.4, 0.5) is 0 Å². The van der Waals surface area contributed by atoms with Crippen molar-refractivity contribution in [3.63, 3.8) is 0 Å². The van der Waals surface area contributed by atoms with Crippen LogP contribution in [0.2, 0.25) is 0 Å². The highest BCUT2D eigenvalue weighted by atomic mass is 16.6. The molecule has 0 unspecified atom stereocenters. The molecule has 2 heterocycles. The van der Waals surface area contributed by atoms with E-state index in [9.17, 15) is 4.79 Å². The zero-order valence-corrected chi connectivity index (χ0v) is 12.6. The molecule has 0 saturated heterocycles. The molecule has 116 valence electrons. The van der Waals surface area contributed by atoms with Gasteiger partial charge < -0.3 is 9.74 Å². The van der Waals surface area contributed by atoms with Crippen LogP contribution in [-0.4, -0.2) is 40.7 Å². The molecular formula is C17H21N3O2. The molecule has 0 N–H and O–H groups in total. The lowest BCUT2D eigenvalue weighted by Gasteiger charge is -2.32. The van der Waals surface area contributed by atoms with Crippen LogP contribution in [0.15, 0.2) is 42.3 Å². The Bertz CT molecular complexity index is 567. The van der Waals surface area contributed by atoms with Crippen molar-refractivity contribution in [3.8, 4) is 0 Å². The van der Waals surface area contributed by atoms with Gasteiger partial charge in [-0.3, -0.25) is 9.78 Å². The fourth-order valence-electron chi connectivity index (χ4n) is 2.80. The van der Waals surface area contributed by atoms with Crippen LogP contribution in [0.25, 0.3) is 0 Å². The summed E-state index contributed by atoms with van der Waals surface area (Å²) in [5, 5.41) is 4.15. The van der Waals surface area contributed by atoms with E-state index < -0.39 is 0 Å². The second-order valence-electron chi connectivity index (χ2n) is 5.87. The number of oxime groups is 1. The van der Waals surface area contributed by atoms with Crippen molar-refractivity contribution < 1.29 is 9.63 Å². The molecule has 1 atom stereocenters. The molecule has 0 radical (unpaired) electrons. The summed E-state index contributed by atoms with van der Waals surface area (Å²) in [4.78, 5) is 23.9. The number of carbonyl (C=O) groups is 1. The number of rotatable bonds is 6. The minimum absolute atomic E-state index is 0.0841. The smallest absolute Gasteiger partial charge is 0.226 e. The van der Waals surface area contributed by atoms with Crippen molar-refractivity contribution in [2.75, 3.05) is 13.1 Å². The predicted molar refractivity (Wildman–Crippen MR) is 84.4 cm³/mol. The number of hydrogen-bond acceptors (Lipinski definition) is 4. The van der Waals surface area contributed by atoms with Gasteiger partial charge in [0.15, 0.2) is 6.10 Å². The molecule has 1 aliphatic heterocycles. The monoisotopic (exact) mass is 299 g/mol. The Morgan fingerprint density at radius 2 is 2.36 bits per heavy atom. The molecule has 1 saturated carbocycles. The maximum atomic E-state index is 12.4. The third-order valence-corrected chi connectivity index (χ3v) is 4.27. The first-order valence-electron chi connectivity index (χ1n) is 7.80.